The topological polar surface area (TPSA) is 106 Å². The van der Waals surface area contributed by atoms with E-state index in [1.54, 1.807) is 27.0 Å². The summed E-state index contributed by atoms with van der Waals surface area (Å²) in [5.74, 6) is 0.490. The number of hydrogen-bond acceptors (Lipinski definition) is 7. The van der Waals surface area contributed by atoms with Gasteiger partial charge in [-0.2, -0.15) is 4.98 Å². The van der Waals surface area contributed by atoms with Gasteiger partial charge in [-0.1, -0.05) is 5.16 Å². The minimum Gasteiger partial charge on any atom is -0.357 e. The molecule has 0 aromatic carbocycles. The quantitative estimate of drug-likeness (QED) is 0.835. The van der Waals surface area contributed by atoms with Crippen LogP contribution in [0.1, 0.15) is 35.0 Å². The molecule has 1 amide bonds. The zero-order valence-corrected chi connectivity index (χ0v) is 10.8. The van der Waals surface area contributed by atoms with Crippen LogP contribution in [0.25, 0.3) is 0 Å². The molecular formula is C11H14N6O2. The molecule has 2 aromatic heterocycles. The van der Waals surface area contributed by atoms with Gasteiger partial charge in [-0.05, 0) is 19.9 Å². The Bertz CT molecular complexity index is 569. The highest BCUT2D eigenvalue weighted by Crippen LogP contribution is 2.09. The van der Waals surface area contributed by atoms with Gasteiger partial charge in [0.1, 0.15) is 5.69 Å². The zero-order chi connectivity index (χ0) is 13.8. The van der Waals surface area contributed by atoms with Crippen molar-refractivity contribution in [3.05, 3.63) is 29.7 Å². The predicted molar refractivity (Wildman–Crippen MR) is 66.5 cm³/mol. The summed E-state index contributed by atoms with van der Waals surface area (Å²) in [6.07, 6.45) is 1.21. The zero-order valence-electron chi connectivity index (χ0n) is 10.8. The van der Waals surface area contributed by atoms with Crippen molar-refractivity contribution in [3.8, 4) is 0 Å². The van der Waals surface area contributed by atoms with Gasteiger partial charge in [-0.3, -0.25) is 4.79 Å². The molecule has 2 N–H and O–H groups in total. The Balaban J connectivity index is 2.13. The molecule has 0 aliphatic rings. The van der Waals surface area contributed by atoms with Gasteiger partial charge in [0.05, 0.1) is 6.04 Å². The largest absolute Gasteiger partial charge is 0.357 e. The van der Waals surface area contributed by atoms with Gasteiger partial charge in [-0.25, -0.2) is 9.97 Å². The summed E-state index contributed by atoms with van der Waals surface area (Å²) in [7, 11) is 1.69. The summed E-state index contributed by atoms with van der Waals surface area (Å²) in [6.45, 7) is 3.55. The predicted octanol–water partition coefficient (Wildman–Crippen LogP) is 0.701. The summed E-state index contributed by atoms with van der Waals surface area (Å²) >= 11 is 0. The van der Waals surface area contributed by atoms with Crippen molar-refractivity contribution in [2.24, 2.45) is 0 Å². The van der Waals surface area contributed by atoms with Crippen molar-refractivity contribution in [2.75, 3.05) is 12.4 Å². The molecule has 0 spiro atoms. The molecule has 19 heavy (non-hydrogen) atoms. The summed E-state index contributed by atoms with van der Waals surface area (Å²) < 4.78 is 4.63. The Hall–Kier alpha value is -2.51. The number of hydrogen-bond donors (Lipinski definition) is 2. The maximum absolute atomic E-state index is 12.1. The third kappa shape index (κ3) is 3.03. The van der Waals surface area contributed by atoms with E-state index in [0.717, 1.165) is 0 Å². The molecule has 2 heterocycles. The molecule has 0 aliphatic carbocycles. The average Bonchev–Trinajstić information content (AvgIpc) is 2.91. The first-order chi connectivity index (χ1) is 9.10. The smallest absolute Gasteiger partial charge is 0.270 e. The van der Waals surface area contributed by atoms with Crippen LogP contribution in [0.15, 0.2) is 17.0 Å². The van der Waals surface area contributed by atoms with Gasteiger partial charge in [0.2, 0.25) is 12.3 Å². The normalized spacial score (nSPS) is 11.9. The monoisotopic (exact) mass is 262 g/mol. The minimum atomic E-state index is -0.362. The summed E-state index contributed by atoms with van der Waals surface area (Å²) in [4.78, 5) is 24.1. The van der Waals surface area contributed by atoms with E-state index in [1.165, 1.54) is 6.39 Å². The number of nitrogens with one attached hydrogen (secondary N) is 2. The molecule has 0 fully saturated rings. The number of rotatable bonds is 4. The summed E-state index contributed by atoms with van der Waals surface area (Å²) in [5.41, 5.74) is 0.990. The molecule has 0 unspecified atom stereocenters. The maximum Gasteiger partial charge on any atom is 0.270 e. The number of anilines is 1. The summed E-state index contributed by atoms with van der Waals surface area (Å²) in [5, 5.41) is 9.21. The Morgan fingerprint density at radius 2 is 2.21 bits per heavy atom. The number of amides is 1. The molecular weight excluding hydrogens is 248 g/mol. The van der Waals surface area contributed by atoms with Crippen molar-refractivity contribution in [3.63, 3.8) is 0 Å². The van der Waals surface area contributed by atoms with E-state index >= 15 is 0 Å². The lowest BCUT2D eigenvalue weighted by Gasteiger charge is -2.10. The third-order valence-electron chi connectivity index (χ3n) is 2.42. The van der Waals surface area contributed by atoms with Crippen LogP contribution in [0.2, 0.25) is 0 Å². The molecule has 8 nitrogen and oxygen atoms in total. The fourth-order valence-corrected chi connectivity index (χ4v) is 1.50. The third-order valence-corrected chi connectivity index (χ3v) is 2.42. The standard InChI is InChI=1S/C11H14N6O2/c1-6-4-8(16-11(12-3)14-6)10(18)15-7(2)9-13-5-19-17-9/h4-5,7H,1-3H3,(H,15,18)(H,12,14,16)/t7-/m0/s1. The van der Waals surface area contributed by atoms with Gasteiger partial charge in [0.15, 0.2) is 5.82 Å². The van der Waals surface area contributed by atoms with Crippen molar-refractivity contribution < 1.29 is 9.32 Å². The highest BCUT2D eigenvalue weighted by molar-refractivity contribution is 5.92. The Morgan fingerprint density at radius 1 is 1.42 bits per heavy atom. The number of aromatic nitrogens is 4. The fourth-order valence-electron chi connectivity index (χ4n) is 1.50. The molecule has 2 rings (SSSR count). The Morgan fingerprint density at radius 3 is 2.84 bits per heavy atom. The van der Waals surface area contributed by atoms with Crippen LogP contribution in [0.4, 0.5) is 5.95 Å². The first kappa shape index (κ1) is 12.9. The highest BCUT2D eigenvalue weighted by atomic mass is 16.5. The van der Waals surface area contributed by atoms with E-state index < -0.39 is 0 Å². The second kappa shape index (κ2) is 5.42. The van der Waals surface area contributed by atoms with E-state index in [9.17, 15) is 4.79 Å². The number of nitrogens with zero attached hydrogens (tertiary/aromatic N) is 4. The first-order valence-electron chi connectivity index (χ1n) is 5.70. The molecule has 0 radical (unpaired) electrons. The lowest BCUT2D eigenvalue weighted by atomic mass is 10.2. The lowest BCUT2D eigenvalue weighted by Crippen LogP contribution is -2.28. The van der Waals surface area contributed by atoms with Crippen LogP contribution in [-0.4, -0.2) is 33.1 Å². The summed E-state index contributed by atoms with van der Waals surface area (Å²) in [6, 6.07) is 1.25. The van der Waals surface area contributed by atoms with E-state index in [1.807, 2.05) is 0 Å². The molecule has 0 saturated heterocycles. The molecule has 0 bridgehead atoms. The van der Waals surface area contributed by atoms with Gasteiger partial charge in [-0.15, -0.1) is 0 Å². The first-order valence-corrected chi connectivity index (χ1v) is 5.70. The number of carbonyl (C=O) groups is 1. The van der Waals surface area contributed by atoms with E-state index in [4.69, 9.17) is 0 Å². The number of aryl methyl sites for hydroxylation is 1. The van der Waals surface area contributed by atoms with Gasteiger partial charge in [0, 0.05) is 12.7 Å². The van der Waals surface area contributed by atoms with E-state index in [2.05, 4.69) is 35.3 Å². The minimum absolute atomic E-state index is 0.284. The van der Waals surface area contributed by atoms with Crippen molar-refractivity contribution in [1.82, 2.24) is 25.4 Å². The van der Waals surface area contributed by atoms with Crippen LogP contribution in [0.5, 0.6) is 0 Å². The van der Waals surface area contributed by atoms with E-state index in [-0.39, 0.29) is 17.6 Å². The molecule has 0 aliphatic heterocycles. The van der Waals surface area contributed by atoms with Gasteiger partial charge >= 0.3 is 0 Å². The van der Waals surface area contributed by atoms with Crippen molar-refractivity contribution >= 4 is 11.9 Å². The SMILES string of the molecule is CNc1nc(C)cc(C(=O)N[C@@H](C)c2ncon2)n1. The highest BCUT2D eigenvalue weighted by Gasteiger charge is 2.16. The molecule has 8 heteroatoms. The molecule has 1 atom stereocenters. The van der Waals surface area contributed by atoms with Crippen LogP contribution in [-0.2, 0) is 0 Å². The average molecular weight is 262 g/mol. The second-order valence-corrected chi connectivity index (χ2v) is 3.95. The van der Waals surface area contributed by atoms with Gasteiger partial charge < -0.3 is 15.2 Å². The Labute approximate surface area is 109 Å². The van der Waals surface area contributed by atoms with E-state index in [0.29, 0.717) is 17.5 Å². The lowest BCUT2D eigenvalue weighted by molar-refractivity contribution is 0.0932. The Kier molecular flexibility index (Phi) is 3.69. The molecule has 0 saturated carbocycles. The fraction of sp³-hybridized carbons (Fsp3) is 0.364. The van der Waals surface area contributed by atoms with Crippen molar-refractivity contribution in [1.29, 1.82) is 0 Å². The van der Waals surface area contributed by atoms with Crippen LogP contribution in [0.3, 0.4) is 0 Å². The van der Waals surface area contributed by atoms with Crippen LogP contribution < -0.4 is 10.6 Å². The molecule has 2 aromatic rings. The number of carbonyl (C=O) groups excluding carboxylic acids is 1. The van der Waals surface area contributed by atoms with Crippen LogP contribution >= 0.6 is 0 Å². The van der Waals surface area contributed by atoms with Crippen molar-refractivity contribution in [2.45, 2.75) is 19.9 Å². The molecule has 100 valence electrons. The van der Waals surface area contributed by atoms with Crippen LogP contribution in [0, 0.1) is 6.92 Å². The second-order valence-electron chi connectivity index (χ2n) is 3.95. The maximum atomic E-state index is 12.1. The van der Waals surface area contributed by atoms with Gasteiger partial charge in [0.25, 0.3) is 5.91 Å².